The number of benzene rings is 1. The predicted molar refractivity (Wildman–Crippen MR) is 136 cm³/mol. The monoisotopic (exact) mass is 496 g/mol. The molecule has 1 amide bonds. The van der Waals surface area contributed by atoms with Crippen LogP contribution in [0.3, 0.4) is 0 Å². The Hall–Kier alpha value is -2.55. The standard InChI is InChI=1S/C26H37BN4O5/c1-18(32)31-15-20-14-26(29-30-28,23(33)34-17-19-10-7-6-8-11-19)22(21(20)16-31)12-9-13-27-35-24(2,3)25(4,5)36-27/h6-8,10-11,20-22H,9,12-17H2,1-5H3/t20-,21+,22-,26-/m0/s1. The molecular formula is C26H37BN4O5. The van der Waals surface area contributed by atoms with Crippen molar-refractivity contribution in [3.8, 4) is 0 Å². The molecule has 1 aromatic carbocycles. The average molecular weight is 496 g/mol. The molecule has 3 aliphatic rings. The number of hydrogen-bond donors (Lipinski definition) is 0. The van der Waals surface area contributed by atoms with Gasteiger partial charge in [-0.05, 0) is 75.7 Å². The lowest BCUT2D eigenvalue weighted by atomic mass is 9.75. The fourth-order valence-corrected chi connectivity index (χ4v) is 6.09. The van der Waals surface area contributed by atoms with E-state index in [1.807, 2.05) is 62.9 Å². The zero-order valence-electron chi connectivity index (χ0n) is 22.0. The van der Waals surface area contributed by atoms with E-state index in [1.165, 1.54) is 0 Å². The van der Waals surface area contributed by atoms with E-state index in [1.54, 1.807) is 6.92 Å². The Labute approximate surface area is 213 Å². The molecule has 1 aromatic rings. The molecule has 194 valence electrons. The summed E-state index contributed by atoms with van der Waals surface area (Å²) in [7, 11) is -0.330. The molecular weight excluding hydrogens is 459 g/mol. The SMILES string of the molecule is CC(=O)N1C[C@@H]2C[C@@](N=[N+]=[N-])(C(=O)OCc3ccccc3)[C@@H](CCCB3OC(C)(C)C(C)(C)O3)[C@@H]2C1. The van der Waals surface area contributed by atoms with Crippen LogP contribution in [0.1, 0.15) is 59.4 Å². The summed E-state index contributed by atoms with van der Waals surface area (Å²) in [5.74, 6) is -0.518. The highest BCUT2D eigenvalue weighted by molar-refractivity contribution is 6.45. The van der Waals surface area contributed by atoms with E-state index in [2.05, 4.69) is 10.0 Å². The Kier molecular flexibility index (Phi) is 7.42. The number of fused-ring (bicyclic) bond motifs is 1. The lowest BCUT2D eigenvalue weighted by Crippen LogP contribution is -2.45. The Balaban J connectivity index is 1.51. The number of azide groups is 1. The summed E-state index contributed by atoms with van der Waals surface area (Å²) in [5, 5.41) is 4.14. The number of rotatable bonds is 8. The second-order valence-corrected chi connectivity index (χ2v) is 11.5. The van der Waals surface area contributed by atoms with E-state index in [4.69, 9.17) is 14.0 Å². The van der Waals surface area contributed by atoms with Crippen LogP contribution < -0.4 is 0 Å². The van der Waals surface area contributed by atoms with Crippen molar-refractivity contribution in [2.24, 2.45) is 22.9 Å². The molecule has 2 heterocycles. The minimum absolute atomic E-state index is 0.0291. The quantitative estimate of drug-likeness (QED) is 0.169. The van der Waals surface area contributed by atoms with Crippen LogP contribution in [0.15, 0.2) is 35.4 Å². The van der Waals surface area contributed by atoms with Crippen LogP contribution in [0.25, 0.3) is 10.4 Å². The molecule has 1 aliphatic carbocycles. The average Bonchev–Trinajstić information content (AvgIpc) is 3.41. The van der Waals surface area contributed by atoms with Crippen LogP contribution in [0, 0.1) is 17.8 Å². The van der Waals surface area contributed by atoms with Crippen molar-refractivity contribution in [3.63, 3.8) is 0 Å². The summed E-state index contributed by atoms with van der Waals surface area (Å²) in [5.41, 5.74) is 8.30. The van der Waals surface area contributed by atoms with Crippen molar-refractivity contribution in [3.05, 3.63) is 46.3 Å². The number of ether oxygens (including phenoxy) is 1. The fraction of sp³-hybridized carbons (Fsp3) is 0.692. The molecule has 2 saturated heterocycles. The highest BCUT2D eigenvalue weighted by Crippen LogP contribution is 2.53. The van der Waals surface area contributed by atoms with Crippen LogP contribution >= 0.6 is 0 Å². The molecule has 1 saturated carbocycles. The van der Waals surface area contributed by atoms with Gasteiger partial charge in [0.15, 0.2) is 0 Å². The van der Waals surface area contributed by atoms with Gasteiger partial charge in [-0.3, -0.25) is 9.59 Å². The molecule has 4 atom stereocenters. The molecule has 0 unspecified atom stereocenters. The van der Waals surface area contributed by atoms with Crippen molar-refractivity contribution in [1.82, 2.24) is 4.90 Å². The van der Waals surface area contributed by atoms with Crippen molar-refractivity contribution < 1.29 is 23.6 Å². The Morgan fingerprint density at radius 2 is 1.83 bits per heavy atom. The normalized spacial score (nSPS) is 30.1. The van der Waals surface area contributed by atoms with E-state index in [0.29, 0.717) is 32.3 Å². The molecule has 0 bridgehead atoms. The van der Waals surface area contributed by atoms with Crippen LogP contribution in [0.5, 0.6) is 0 Å². The van der Waals surface area contributed by atoms with E-state index < -0.39 is 22.7 Å². The van der Waals surface area contributed by atoms with Crippen molar-refractivity contribution in [1.29, 1.82) is 0 Å². The van der Waals surface area contributed by atoms with E-state index >= 15 is 0 Å². The summed E-state index contributed by atoms with van der Waals surface area (Å²) in [6.45, 7) is 10.9. The maximum atomic E-state index is 13.6. The smallest absolute Gasteiger partial charge is 0.457 e. The summed E-state index contributed by atoms with van der Waals surface area (Å²) in [6, 6.07) is 9.47. The first kappa shape index (κ1) is 26.5. The summed E-state index contributed by atoms with van der Waals surface area (Å²) in [6.07, 6.45) is 2.44. The number of esters is 1. The maximum Gasteiger partial charge on any atom is 0.457 e. The zero-order chi connectivity index (χ0) is 26.1. The van der Waals surface area contributed by atoms with Gasteiger partial charge in [0.05, 0.1) is 11.2 Å². The van der Waals surface area contributed by atoms with Crippen LogP contribution in [0.2, 0.25) is 6.32 Å². The second kappa shape index (κ2) is 10.1. The third-order valence-electron chi connectivity index (χ3n) is 8.69. The summed E-state index contributed by atoms with van der Waals surface area (Å²) < 4.78 is 18.0. The molecule has 0 N–H and O–H groups in total. The number of carbonyl (C=O) groups excluding carboxylic acids is 2. The molecule has 0 radical (unpaired) electrons. The first-order valence-corrected chi connectivity index (χ1v) is 12.9. The topological polar surface area (TPSA) is 114 Å². The lowest BCUT2D eigenvalue weighted by molar-refractivity contribution is -0.153. The number of amides is 1. The number of nitrogens with zero attached hydrogens (tertiary/aromatic N) is 4. The molecule has 10 heteroatoms. The minimum Gasteiger partial charge on any atom is -0.460 e. The Morgan fingerprint density at radius 3 is 2.44 bits per heavy atom. The van der Waals surface area contributed by atoms with Crippen LogP contribution in [-0.2, 0) is 30.2 Å². The van der Waals surface area contributed by atoms with Crippen LogP contribution in [0.4, 0.5) is 0 Å². The third-order valence-corrected chi connectivity index (χ3v) is 8.69. The minimum atomic E-state index is -1.28. The third kappa shape index (κ3) is 4.99. The van der Waals surface area contributed by atoms with E-state index in [-0.39, 0.29) is 37.4 Å². The highest BCUT2D eigenvalue weighted by atomic mass is 16.7. The van der Waals surface area contributed by atoms with Gasteiger partial charge in [-0.15, -0.1) is 0 Å². The second-order valence-electron chi connectivity index (χ2n) is 11.5. The van der Waals surface area contributed by atoms with Gasteiger partial charge in [0.25, 0.3) is 0 Å². The maximum absolute atomic E-state index is 13.6. The fourth-order valence-electron chi connectivity index (χ4n) is 6.09. The van der Waals surface area contributed by atoms with Gasteiger partial charge < -0.3 is 18.9 Å². The molecule has 9 nitrogen and oxygen atoms in total. The number of hydrogen-bond acceptors (Lipinski definition) is 6. The summed E-state index contributed by atoms with van der Waals surface area (Å²) >= 11 is 0. The first-order valence-electron chi connectivity index (χ1n) is 12.9. The molecule has 0 spiro atoms. The molecule has 36 heavy (non-hydrogen) atoms. The van der Waals surface area contributed by atoms with Crippen molar-refractivity contribution in [2.45, 2.75) is 83.5 Å². The lowest BCUT2D eigenvalue weighted by Gasteiger charge is -2.32. The van der Waals surface area contributed by atoms with Gasteiger partial charge in [-0.1, -0.05) is 41.9 Å². The Morgan fingerprint density at radius 1 is 1.17 bits per heavy atom. The first-order chi connectivity index (χ1) is 17.0. The molecule has 2 aliphatic heterocycles. The van der Waals surface area contributed by atoms with E-state index in [9.17, 15) is 15.1 Å². The Bertz CT molecular complexity index is 1010. The molecule has 3 fully saturated rings. The van der Waals surface area contributed by atoms with Gasteiger partial charge >= 0.3 is 13.1 Å². The summed E-state index contributed by atoms with van der Waals surface area (Å²) in [4.78, 5) is 30.6. The van der Waals surface area contributed by atoms with Crippen molar-refractivity contribution >= 4 is 19.0 Å². The van der Waals surface area contributed by atoms with Gasteiger partial charge in [0.2, 0.25) is 5.91 Å². The van der Waals surface area contributed by atoms with Gasteiger partial charge in [0, 0.05) is 24.9 Å². The van der Waals surface area contributed by atoms with E-state index in [0.717, 1.165) is 12.0 Å². The molecule has 4 rings (SSSR count). The number of carbonyl (C=O) groups is 2. The van der Waals surface area contributed by atoms with Gasteiger partial charge in [-0.2, -0.15) is 0 Å². The van der Waals surface area contributed by atoms with Crippen LogP contribution in [-0.4, -0.2) is 53.7 Å². The van der Waals surface area contributed by atoms with Crippen molar-refractivity contribution in [2.75, 3.05) is 13.1 Å². The largest absolute Gasteiger partial charge is 0.460 e. The number of likely N-dealkylation sites (tertiary alicyclic amines) is 1. The van der Waals surface area contributed by atoms with Gasteiger partial charge in [0.1, 0.15) is 12.1 Å². The zero-order valence-corrected chi connectivity index (χ0v) is 22.0. The predicted octanol–water partition coefficient (Wildman–Crippen LogP) is 4.77. The molecule has 0 aromatic heterocycles. The highest BCUT2D eigenvalue weighted by Gasteiger charge is 2.61. The van der Waals surface area contributed by atoms with Gasteiger partial charge in [-0.25, -0.2) is 0 Å².